The molecule has 0 bridgehead atoms. The summed E-state index contributed by atoms with van der Waals surface area (Å²) in [6, 6.07) is 4.69. The molecule has 2 aromatic rings. The van der Waals surface area contributed by atoms with Gasteiger partial charge in [-0.05, 0) is 50.0 Å². The van der Waals surface area contributed by atoms with Crippen molar-refractivity contribution in [1.82, 2.24) is 19.8 Å². The lowest BCUT2D eigenvalue weighted by molar-refractivity contribution is -0.128. The molecule has 0 radical (unpaired) electrons. The van der Waals surface area contributed by atoms with Gasteiger partial charge in [0, 0.05) is 39.1 Å². The van der Waals surface area contributed by atoms with E-state index in [2.05, 4.69) is 14.9 Å². The van der Waals surface area contributed by atoms with Crippen LogP contribution in [-0.4, -0.2) is 72.1 Å². The molecule has 2 aliphatic rings. The van der Waals surface area contributed by atoms with Gasteiger partial charge < -0.3 is 19.5 Å². The van der Waals surface area contributed by atoms with Crippen LogP contribution >= 0.6 is 0 Å². The van der Waals surface area contributed by atoms with Crippen LogP contribution in [0.1, 0.15) is 31.0 Å². The third-order valence-electron chi connectivity index (χ3n) is 5.81. The first kappa shape index (κ1) is 18.4. The molecule has 27 heavy (non-hydrogen) atoms. The number of amides is 1. The topological polar surface area (TPSA) is 61.5 Å². The molecule has 146 valence electrons. The summed E-state index contributed by atoms with van der Waals surface area (Å²) in [5.74, 6) is 1.79. The van der Waals surface area contributed by atoms with Gasteiger partial charge in [0.05, 0.1) is 17.6 Å². The molecule has 2 saturated heterocycles. The highest BCUT2D eigenvalue weighted by Gasteiger charge is 2.32. The smallest absolute Gasteiger partial charge is 0.223 e. The number of hydrogen-bond donors (Lipinski definition) is 1. The Kier molecular flexibility index (Phi) is 5.41. The highest BCUT2D eigenvalue weighted by Crippen LogP contribution is 2.29. The zero-order valence-electron chi connectivity index (χ0n) is 15.8. The lowest BCUT2D eigenvalue weighted by Crippen LogP contribution is -2.37. The second-order valence-corrected chi connectivity index (χ2v) is 7.76. The third-order valence-corrected chi connectivity index (χ3v) is 5.81. The number of ether oxygens (including phenoxy) is 1. The minimum Gasteiger partial charge on any atom is -0.383 e. The van der Waals surface area contributed by atoms with Crippen LogP contribution in [0.15, 0.2) is 18.2 Å². The Labute approximate surface area is 158 Å². The zero-order valence-corrected chi connectivity index (χ0v) is 15.8. The van der Waals surface area contributed by atoms with Gasteiger partial charge in [-0.15, -0.1) is 0 Å². The molecule has 3 heterocycles. The Balaban J connectivity index is 1.29. The number of nitrogens with one attached hydrogen (secondary N) is 1. The van der Waals surface area contributed by atoms with E-state index >= 15 is 0 Å². The lowest BCUT2D eigenvalue weighted by atomic mass is 9.95. The molecule has 1 atom stereocenters. The SMILES string of the molecule is COCCN1CC(CN2CCC(c3nc4ccc(F)cc4[nH]3)CC2)CC1=O. The first-order valence-corrected chi connectivity index (χ1v) is 9.76. The summed E-state index contributed by atoms with van der Waals surface area (Å²) < 4.78 is 18.5. The number of piperidine rings is 1. The molecule has 0 saturated carbocycles. The number of carbonyl (C=O) groups is 1. The van der Waals surface area contributed by atoms with Crippen LogP contribution < -0.4 is 0 Å². The number of likely N-dealkylation sites (tertiary alicyclic amines) is 2. The van der Waals surface area contributed by atoms with Crippen LogP contribution in [0.2, 0.25) is 0 Å². The Hall–Kier alpha value is -1.99. The molecule has 1 aromatic heterocycles. The number of imidazole rings is 1. The van der Waals surface area contributed by atoms with Crippen molar-refractivity contribution in [1.29, 1.82) is 0 Å². The normalized spacial score (nSPS) is 22.2. The van der Waals surface area contributed by atoms with Crippen molar-refractivity contribution in [2.24, 2.45) is 5.92 Å². The van der Waals surface area contributed by atoms with E-state index in [0.29, 0.717) is 31.4 Å². The van der Waals surface area contributed by atoms with E-state index in [1.807, 2.05) is 4.90 Å². The average molecular weight is 374 g/mol. The van der Waals surface area contributed by atoms with Crippen molar-refractivity contribution in [3.05, 3.63) is 29.8 Å². The van der Waals surface area contributed by atoms with Gasteiger partial charge in [0.2, 0.25) is 5.91 Å². The standard InChI is InChI=1S/C20H27FN4O2/c1-27-9-8-25-13-14(10-19(25)26)12-24-6-4-15(5-7-24)20-22-17-3-2-16(21)11-18(17)23-20/h2-3,11,14-15H,4-10,12-13H2,1H3,(H,22,23). The predicted octanol–water partition coefficient (Wildman–Crippen LogP) is 2.38. The number of aromatic nitrogens is 2. The minimum absolute atomic E-state index is 0.238. The Morgan fingerprint density at radius 3 is 2.93 bits per heavy atom. The van der Waals surface area contributed by atoms with Crippen LogP contribution in [-0.2, 0) is 9.53 Å². The van der Waals surface area contributed by atoms with E-state index < -0.39 is 0 Å². The van der Waals surface area contributed by atoms with E-state index in [1.165, 1.54) is 12.1 Å². The van der Waals surface area contributed by atoms with Crippen LogP contribution in [0.3, 0.4) is 0 Å². The number of nitrogens with zero attached hydrogens (tertiary/aromatic N) is 3. The molecule has 2 aliphatic heterocycles. The second-order valence-electron chi connectivity index (χ2n) is 7.76. The summed E-state index contributed by atoms with van der Waals surface area (Å²) in [4.78, 5) is 24.4. The minimum atomic E-state index is -0.238. The Bertz CT molecular complexity index is 800. The van der Waals surface area contributed by atoms with Crippen molar-refractivity contribution in [3.63, 3.8) is 0 Å². The lowest BCUT2D eigenvalue weighted by Gasteiger charge is -2.32. The maximum absolute atomic E-state index is 13.4. The molecule has 1 N–H and O–H groups in total. The maximum Gasteiger partial charge on any atom is 0.223 e. The number of halogens is 1. The fourth-order valence-electron chi connectivity index (χ4n) is 4.34. The Morgan fingerprint density at radius 1 is 1.33 bits per heavy atom. The van der Waals surface area contributed by atoms with Crippen LogP contribution in [0.4, 0.5) is 4.39 Å². The summed E-state index contributed by atoms with van der Waals surface area (Å²) >= 11 is 0. The highest BCUT2D eigenvalue weighted by atomic mass is 19.1. The average Bonchev–Trinajstić information content (AvgIpc) is 3.23. The molecule has 2 fully saturated rings. The molecule has 0 spiro atoms. The number of methoxy groups -OCH3 is 1. The second kappa shape index (κ2) is 7.94. The molecule has 7 heteroatoms. The van der Waals surface area contributed by atoms with E-state index in [1.54, 1.807) is 13.2 Å². The summed E-state index contributed by atoms with van der Waals surface area (Å²) in [7, 11) is 1.67. The Morgan fingerprint density at radius 2 is 2.15 bits per heavy atom. The van der Waals surface area contributed by atoms with Gasteiger partial charge in [0.1, 0.15) is 11.6 Å². The predicted molar refractivity (Wildman–Crippen MR) is 101 cm³/mol. The number of fused-ring (bicyclic) bond motifs is 1. The number of H-pyrrole nitrogens is 1. The van der Waals surface area contributed by atoms with E-state index in [9.17, 15) is 9.18 Å². The summed E-state index contributed by atoms with van der Waals surface area (Å²) in [6.45, 7) is 5.15. The van der Waals surface area contributed by atoms with E-state index in [4.69, 9.17) is 4.74 Å². The molecule has 1 aromatic carbocycles. The van der Waals surface area contributed by atoms with Gasteiger partial charge >= 0.3 is 0 Å². The van der Waals surface area contributed by atoms with Crippen LogP contribution in [0.5, 0.6) is 0 Å². The van der Waals surface area contributed by atoms with Crippen molar-refractivity contribution in [2.75, 3.05) is 46.4 Å². The van der Waals surface area contributed by atoms with Gasteiger partial charge in [-0.1, -0.05) is 0 Å². The van der Waals surface area contributed by atoms with Crippen molar-refractivity contribution < 1.29 is 13.9 Å². The van der Waals surface area contributed by atoms with E-state index in [0.717, 1.165) is 55.9 Å². The van der Waals surface area contributed by atoms with Crippen molar-refractivity contribution in [3.8, 4) is 0 Å². The largest absolute Gasteiger partial charge is 0.383 e. The molecule has 6 nitrogen and oxygen atoms in total. The van der Waals surface area contributed by atoms with Gasteiger partial charge in [-0.2, -0.15) is 0 Å². The first-order valence-electron chi connectivity index (χ1n) is 9.76. The van der Waals surface area contributed by atoms with Crippen molar-refractivity contribution >= 4 is 16.9 Å². The van der Waals surface area contributed by atoms with Gasteiger partial charge in [0.15, 0.2) is 0 Å². The summed E-state index contributed by atoms with van der Waals surface area (Å²) in [6.07, 6.45) is 2.73. The number of aromatic amines is 1. The van der Waals surface area contributed by atoms with Gasteiger partial charge in [-0.25, -0.2) is 9.37 Å². The molecule has 1 amide bonds. The van der Waals surface area contributed by atoms with Crippen molar-refractivity contribution in [2.45, 2.75) is 25.2 Å². The maximum atomic E-state index is 13.4. The third kappa shape index (κ3) is 4.14. The first-order chi connectivity index (χ1) is 13.1. The fraction of sp³-hybridized carbons (Fsp3) is 0.600. The summed E-state index contributed by atoms with van der Waals surface area (Å²) in [5, 5.41) is 0. The van der Waals surface area contributed by atoms with Gasteiger partial charge in [-0.3, -0.25) is 4.79 Å². The van der Waals surface area contributed by atoms with Crippen LogP contribution in [0, 0.1) is 11.7 Å². The molecule has 0 aliphatic carbocycles. The molecule has 1 unspecified atom stereocenters. The molecular formula is C20H27FN4O2. The van der Waals surface area contributed by atoms with Crippen LogP contribution in [0.25, 0.3) is 11.0 Å². The summed E-state index contributed by atoms with van der Waals surface area (Å²) in [5.41, 5.74) is 1.60. The quantitative estimate of drug-likeness (QED) is 0.843. The number of carbonyl (C=O) groups excluding carboxylic acids is 1. The highest BCUT2D eigenvalue weighted by molar-refractivity contribution is 5.78. The number of hydrogen-bond acceptors (Lipinski definition) is 4. The molecular weight excluding hydrogens is 347 g/mol. The molecule has 4 rings (SSSR count). The number of benzene rings is 1. The monoisotopic (exact) mass is 374 g/mol. The fourth-order valence-corrected chi connectivity index (χ4v) is 4.34. The zero-order chi connectivity index (χ0) is 18.8. The number of rotatable bonds is 6. The van der Waals surface area contributed by atoms with Gasteiger partial charge in [0.25, 0.3) is 0 Å². The van der Waals surface area contributed by atoms with E-state index in [-0.39, 0.29) is 11.7 Å².